The molecular weight excluding hydrogens is 387 g/mol. The summed E-state index contributed by atoms with van der Waals surface area (Å²) in [4.78, 5) is 26.8. The van der Waals surface area contributed by atoms with Crippen LogP contribution in [0.1, 0.15) is 26.3 Å². The minimum Gasteiger partial charge on any atom is -0.472 e. The van der Waals surface area contributed by atoms with Crippen LogP contribution in [0.3, 0.4) is 0 Å². The molecule has 2 amide bonds. The summed E-state index contributed by atoms with van der Waals surface area (Å²) in [7, 11) is 0. The first kappa shape index (κ1) is 17.6. The quantitative estimate of drug-likeness (QED) is 0.669. The molecule has 136 valence electrons. The van der Waals surface area contributed by atoms with Crippen LogP contribution in [-0.2, 0) is 6.42 Å². The Morgan fingerprint density at radius 2 is 1.93 bits per heavy atom. The van der Waals surface area contributed by atoms with Gasteiger partial charge in [-0.3, -0.25) is 9.59 Å². The molecule has 2 heterocycles. The van der Waals surface area contributed by atoms with Crippen LogP contribution in [0.2, 0.25) is 10.0 Å². The van der Waals surface area contributed by atoms with E-state index in [4.69, 9.17) is 27.6 Å². The molecule has 1 N–H and O–H groups in total. The number of hydrogen-bond donors (Lipinski definition) is 1. The predicted molar refractivity (Wildman–Crippen MR) is 105 cm³/mol. The molecule has 0 saturated carbocycles. The van der Waals surface area contributed by atoms with E-state index in [0.717, 1.165) is 11.3 Å². The summed E-state index contributed by atoms with van der Waals surface area (Å²) in [5.74, 6) is -0.447. The fraction of sp³-hybridized carbons (Fsp3) is 0.100. The Morgan fingerprint density at radius 3 is 2.70 bits per heavy atom. The lowest BCUT2D eigenvalue weighted by Gasteiger charge is -2.16. The molecule has 1 aromatic heterocycles. The van der Waals surface area contributed by atoms with Crippen molar-refractivity contribution >= 4 is 46.4 Å². The molecule has 0 bridgehead atoms. The Bertz CT molecular complexity index is 1030. The van der Waals surface area contributed by atoms with Crippen molar-refractivity contribution in [1.29, 1.82) is 0 Å². The van der Waals surface area contributed by atoms with Crippen LogP contribution in [0.4, 0.5) is 11.4 Å². The Hall–Kier alpha value is -2.76. The van der Waals surface area contributed by atoms with Crippen molar-refractivity contribution in [1.82, 2.24) is 0 Å². The maximum absolute atomic E-state index is 12.6. The van der Waals surface area contributed by atoms with Gasteiger partial charge >= 0.3 is 0 Å². The van der Waals surface area contributed by atoms with Gasteiger partial charge in [0.15, 0.2) is 0 Å². The number of amides is 2. The zero-order valence-corrected chi connectivity index (χ0v) is 15.6. The van der Waals surface area contributed by atoms with Crippen LogP contribution in [0.15, 0.2) is 59.4 Å². The Labute approximate surface area is 165 Å². The zero-order chi connectivity index (χ0) is 19.0. The highest BCUT2D eigenvalue weighted by Crippen LogP contribution is 2.32. The normalized spacial score (nSPS) is 12.7. The van der Waals surface area contributed by atoms with Gasteiger partial charge in [-0.15, -0.1) is 0 Å². The second-order valence-corrected chi connectivity index (χ2v) is 6.98. The summed E-state index contributed by atoms with van der Waals surface area (Å²) in [5, 5.41) is 3.59. The zero-order valence-electron chi connectivity index (χ0n) is 14.0. The number of halogens is 2. The molecule has 0 fully saturated rings. The lowest BCUT2D eigenvalue weighted by atomic mass is 10.1. The fourth-order valence-electron chi connectivity index (χ4n) is 3.10. The molecule has 0 spiro atoms. The monoisotopic (exact) mass is 400 g/mol. The molecule has 5 nitrogen and oxygen atoms in total. The minimum absolute atomic E-state index is 0.106. The average Bonchev–Trinajstić information content (AvgIpc) is 3.32. The third-order valence-electron chi connectivity index (χ3n) is 4.42. The first-order valence-electron chi connectivity index (χ1n) is 8.26. The molecule has 2 aromatic carbocycles. The van der Waals surface area contributed by atoms with Crippen LogP contribution in [0.25, 0.3) is 0 Å². The number of nitrogens with one attached hydrogen (secondary N) is 1. The van der Waals surface area contributed by atoms with E-state index in [1.54, 1.807) is 29.2 Å². The van der Waals surface area contributed by atoms with Crippen LogP contribution in [0.5, 0.6) is 0 Å². The van der Waals surface area contributed by atoms with Crippen molar-refractivity contribution in [2.24, 2.45) is 0 Å². The summed E-state index contributed by atoms with van der Waals surface area (Å²) in [6, 6.07) is 11.8. The molecule has 0 unspecified atom stereocenters. The van der Waals surface area contributed by atoms with Gasteiger partial charge in [-0.1, -0.05) is 23.2 Å². The van der Waals surface area contributed by atoms with E-state index in [0.29, 0.717) is 39.8 Å². The summed E-state index contributed by atoms with van der Waals surface area (Å²) in [6.45, 7) is 0.580. The van der Waals surface area contributed by atoms with E-state index in [1.165, 1.54) is 18.6 Å². The first-order valence-corrected chi connectivity index (χ1v) is 9.02. The summed E-state index contributed by atoms with van der Waals surface area (Å²) < 4.78 is 4.99. The predicted octanol–water partition coefficient (Wildman–Crippen LogP) is 5.04. The van der Waals surface area contributed by atoms with Crippen molar-refractivity contribution in [2.75, 3.05) is 16.8 Å². The third kappa shape index (κ3) is 3.44. The lowest BCUT2D eigenvalue weighted by Crippen LogP contribution is -2.28. The van der Waals surface area contributed by atoms with Crippen LogP contribution in [-0.4, -0.2) is 18.4 Å². The fourth-order valence-corrected chi connectivity index (χ4v) is 3.48. The number of hydrogen-bond acceptors (Lipinski definition) is 3. The molecule has 0 atom stereocenters. The van der Waals surface area contributed by atoms with Gasteiger partial charge in [-0.05, 0) is 54.4 Å². The van der Waals surface area contributed by atoms with Gasteiger partial charge in [0.2, 0.25) is 0 Å². The number of carbonyl (C=O) groups excluding carboxylic acids is 2. The van der Waals surface area contributed by atoms with Crippen LogP contribution in [0, 0.1) is 0 Å². The molecule has 0 saturated heterocycles. The standard InChI is InChI=1S/C20H14Cl2N2O3/c21-14-1-3-17(22)16(10-14)19(25)23-15-2-4-18-12(9-15)5-7-24(18)20(26)13-6-8-27-11-13/h1-4,6,8-11H,5,7H2,(H,23,25). The van der Waals surface area contributed by atoms with Crippen molar-refractivity contribution in [2.45, 2.75) is 6.42 Å². The largest absolute Gasteiger partial charge is 0.472 e. The number of fused-ring (bicyclic) bond motifs is 1. The molecule has 0 radical (unpaired) electrons. The van der Waals surface area contributed by atoms with Crippen LogP contribution < -0.4 is 10.2 Å². The smallest absolute Gasteiger partial charge is 0.261 e. The highest BCUT2D eigenvalue weighted by molar-refractivity contribution is 6.36. The molecule has 1 aliphatic heterocycles. The Morgan fingerprint density at radius 1 is 1.07 bits per heavy atom. The van der Waals surface area contributed by atoms with E-state index in [2.05, 4.69) is 5.32 Å². The molecule has 0 aliphatic carbocycles. The third-order valence-corrected chi connectivity index (χ3v) is 4.98. The van der Waals surface area contributed by atoms with Crippen molar-refractivity contribution in [3.63, 3.8) is 0 Å². The highest BCUT2D eigenvalue weighted by Gasteiger charge is 2.26. The van der Waals surface area contributed by atoms with Crippen LogP contribution >= 0.6 is 23.2 Å². The minimum atomic E-state index is -0.341. The van der Waals surface area contributed by atoms with Gasteiger partial charge in [-0.2, -0.15) is 0 Å². The van der Waals surface area contributed by atoms with E-state index in [9.17, 15) is 9.59 Å². The number of anilines is 2. The topological polar surface area (TPSA) is 62.6 Å². The molecule has 4 rings (SSSR count). The summed E-state index contributed by atoms with van der Waals surface area (Å²) in [6.07, 6.45) is 3.62. The highest BCUT2D eigenvalue weighted by atomic mass is 35.5. The number of benzene rings is 2. The first-order chi connectivity index (χ1) is 13.0. The SMILES string of the molecule is O=C(Nc1ccc2c(c1)CCN2C(=O)c1ccoc1)c1cc(Cl)ccc1Cl. The van der Waals surface area contributed by atoms with Gasteiger partial charge in [0, 0.05) is 22.9 Å². The maximum atomic E-state index is 12.6. The van der Waals surface area contributed by atoms with Gasteiger partial charge in [0.25, 0.3) is 11.8 Å². The summed E-state index contributed by atoms with van der Waals surface area (Å²) in [5.41, 5.74) is 3.27. The molecule has 7 heteroatoms. The lowest BCUT2D eigenvalue weighted by molar-refractivity contribution is 0.0987. The second-order valence-electron chi connectivity index (χ2n) is 6.14. The summed E-state index contributed by atoms with van der Waals surface area (Å²) >= 11 is 12.0. The Balaban J connectivity index is 1.55. The van der Waals surface area contributed by atoms with E-state index in [-0.39, 0.29) is 11.8 Å². The maximum Gasteiger partial charge on any atom is 0.261 e. The van der Waals surface area contributed by atoms with Gasteiger partial charge in [-0.25, -0.2) is 0 Å². The number of furan rings is 1. The van der Waals surface area contributed by atoms with Crippen molar-refractivity contribution in [3.8, 4) is 0 Å². The van der Waals surface area contributed by atoms with E-state index < -0.39 is 0 Å². The average molecular weight is 401 g/mol. The van der Waals surface area contributed by atoms with Gasteiger partial charge in [0.05, 0.1) is 22.4 Å². The Kier molecular flexibility index (Phi) is 4.64. The second kappa shape index (κ2) is 7.10. The molecular formula is C20H14Cl2N2O3. The van der Waals surface area contributed by atoms with Crippen molar-refractivity contribution in [3.05, 3.63) is 81.7 Å². The number of rotatable bonds is 3. The van der Waals surface area contributed by atoms with E-state index in [1.807, 2.05) is 12.1 Å². The number of nitrogens with zero attached hydrogens (tertiary/aromatic N) is 1. The van der Waals surface area contributed by atoms with Crippen molar-refractivity contribution < 1.29 is 14.0 Å². The van der Waals surface area contributed by atoms with Gasteiger partial charge in [0.1, 0.15) is 6.26 Å². The number of carbonyl (C=O) groups is 2. The van der Waals surface area contributed by atoms with E-state index >= 15 is 0 Å². The molecule has 27 heavy (non-hydrogen) atoms. The molecule has 1 aliphatic rings. The van der Waals surface area contributed by atoms with Gasteiger partial charge < -0.3 is 14.6 Å². The molecule has 3 aromatic rings.